The van der Waals surface area contributed by atoms with Crippen LogP contribution in [0.15, 0.2) is 48.5 Å². The summed E-state index contributed by atoms with van der Waals surface area (Å²) in [5.41, 5.74) is 9.33. The van der Waals surface area contributed by atoms with E-state index in [1.165, 1.54) is 0 Å². The Morgan fingerprint density at radius 2 is 1.79 bits per heavy atom. The zero-order chi connectivity index (χ0) is 19.2. The summed E-state index contributed by atoms with van der Waals surface area (Å²) in [6.45, 7) is 1.94. The van der Waals surface area contributed by atoms with Crippen LogP contribution in [0.1, 0.15) is 43.4 Å². The minimum absolute atomic E-state index is 0. The number of para-hydroxylation sites is 1. The summed E-state index contributed by atoms with van der Waals surface area (Å²) >= 11 is 0. The Hall–Kier alpha value is -2.73. The van der Waals surface area contributed by atoms with E-state index < -0.39 is 0 Å². The molecule has 3 amide bonds. The van der Waals surface area contributed by atoms with Crippen LogP contribution >= 0.6 is 12.4 Å². The average Bonchev–Trinajstić information content (AvgIpc) is 3.45. The molecule has 150 valence electrons. The maximum atomic E-state index is 12.2. The van der Waals surface area contributed by atoms with Gasteiger partial charge in [0.2, 0.25) is 5.91 Å². The van der Waals surface area contributed by atoms with Gasteiger partial charge in [0.1, 0.15) is 0 Å². The Bertz CT molecular complexity index is 806. The molecule has 0 aliphatic heterocycles. The Morgan fingerprint density at radius 3 is 2.43 bits per heavy atom. The van der Waals surface area contributed by atoms with Gasteiger partial charge >= 0.3 is 6.03 Å². The fraction of sp³-hybridized carbons (Fsp3) is 0.333. The first kappa shape index (κ1) is 21.6. The molecule has 2 aromatic carbocycles. The van der Waals surface area contributed by atoms with Crippen LogP contribution in [0.25, 0.3) is 0 Å². The van der Waals surface area contributed by atoms with Crippen molar-refractivity contribution in [1.29, 1.82) is 0 Å². The molecule has 6 nitrogen and oxygen atoms in total. The quantitative estimate of drug-likeness (QED) is 0.530. The predicted molar refractivity (Wildman–Crippen MR) is 115 cm³/mol. The fourth-order valence-corrected chi connectivity index (χ4v) is 2.84. The Kier molecular flexibility index (Phi) is 7.70. The number of anilines is 2. The molecule has 7 heteroatoms. The van der Waals surface area contributed by atoms with Gasteiger partial charge in [0.15, 0.2) is 0 Å². The van der Waals surface area contributed by atoms with Gasteiger partial charge in [-0.3, -0.25) is 4.79 Å². The molecule has 0 heterocycles. The molecular weight excluding hydrogens is 376 g/mol. The van der Waals surface area contributed by atoms with Gasteiger partial charge in [-0.1, -0.05) is 30.3 Å². The predicted octanol–water partition coefficient (Wildman–Crippen LogP) is 3.78. The lowest BCUT2D eigenvalue weighted by Gasteiger charge is -2.15. The smallest absolute Gasteiger partial charge is 0.319 e. The zero-order valence-electron chi connectivity index (χ0n) is 15.9. The van der Waals surface area contributed by atoms with E-state index in [1.54, 1.807) is 0 Å². The molecular formula is C21H27ClN4O2. The molecule has 3 rings (SSSR count). The van der Waals surface area contributed by atoms with E-state index in [1.807, 2.05) is 55.5 Å². The molecule has 0 bridgehead atoms. The number of amides is 3. The van der Waals surface area contributed by atoms with Crippen LogP contribution in [-0.2, 0) is 11.2 Å². The minimum Gasteiger partial charge on any atom is -0.399 e. The van der Waals surface area contributed by atoms with Crippen molar-refractivity contribution in [2.75, 3.05) is 11.1 Å². The molecule has 1 atom stereocenters. The third-order valence-electron chi connectivity index (χ3n) is 4.64. The Balaban J connectivity index is 0.00000280. The van der Waals surface area contributed by atoms with Crippen LogP contribution in [-0.4, -0.2) is 18.0 Å². The van der Waals surface area contributed by atoms with Gasteiger partial charge < -0.3 is 21.7 Å². The lowest BCUT2D eigenvalue weighted by Crippen LogP contribution is -2.30. The van der Waals surface area contributed by atoms with Crippen molar-refractivity contribution in [1.82, 2.24) is 10.6 Å². The number of halogens is 1. The third-order valence-corrected chi connectivity index (χ3v) is 4.64. The number of urea groups is 1. The number of hydrogen-bond donors (Lipinski definition) is 4. The Labute approximate surface area is 171 Å². The summed E-state index contributed by atoms with van der Waals surface area (Å²) in [4.78, 5) is 24.0. The highest BCUT2D eigenvalue weighted by Gasteiger charge is 2.23. The van der Waals surface area contributed by atoms with Crippen molar-refractivity contribution < 1.29 is 9.59 Å². The second kappa shape index (κ2) is 9.99. The summed E-state index contributed by atoms with van der Waals surface area (Å²) in [5.74, 6) is -0.0169. The van der Waals surface area contributed by atoms with Crippen LogP contribution in [0.4, 0.5) is 16.2 Å². The Morgan fingerprint density at radius 1 is 1.11 bits per heavy atom. The second-order valence-corrected chi connectivity index (χ2v) is 6.98. The van der Waals surface area contributed by atoms with Crippen LogP contribution in [0.5, 0.6) is 0 Å². The van der Waals surface area contributed by atoms with Crippen molar-refractivity contribution >= 4 is 35.7 Å². The van der Waals surface area contributed by atoms with Crippen molar-refractivity contribution in [2.24, 2.45) is 0 Å². The number of nitrogen functional groups attached to an aromatic ring is 1. The first-order valence-corrected chi connectivity index (χ1v) is 9.31. The van der Waals surface area contributed by atoms with Gasteiger partial charge in [0.25, 0.3) is 0 Å². The van der Waals surface area contributed by atoms with Crippen molar-refractivity contribution in [3.63, 3.8) is 0 Å². The van der Waals surface area contributed by atoms with E-state index in [0.29, 0.717) is 24.6 Å². The van der Waals surface area contributed by atoms with Crippen LogP contribution in [0, 0.1) is 0 Å². The number of nitrogens with one attached hydrogen (secondary N) is 3. The minimum atomic E-state index is -0.174. The number of aryl methyl sites for hydroxylation is 1. The van der Waals surface area contributed by atoms with Gasteiger partial charge in [0, 0.05) is 23.8 Å². The number of carbonyl (C=O) groups excluding carboxylic acids is 2. The van der Waals surface area contributed by atoms with E-state index in [0.717, 1.165) is 29.7 Å². The number of rotatable bonds is 7. The van der Waals surface area contributed by atoms with Crippen LogP contribution in [0.2, 0.25) is 0 Å². The average molecular weight is 403 g/mol. The summed E-state index contributed by atoms with van der Waals surface area (Å²) < 4.78 is 0. The molecule has 2 aromatic rings. The van der Waals surface area contributed by atoms with E-state index in [4.69, 9.17) is 5.73 Å². The number of nitrogens with two attached hydrogens (primary N) is 1. The van der Waals surface area contributed by atoms with Crippen molar-refractivity contribution in [3.05, 3.63) is 59.7 Å². The molecule has 1 unspecified atom stereocenters. The summed E-state index contributed by atoms with van der Waals surface area (Å²) in [6, 6.07) is 15.1. The molecule has 0 spiro atoms. The molecule has 0 radical (unpaired) electrons. The van der Waals surface area contributed by atoms with Gasteiger partial charge in [-0.15, -0.1) is 12.4 Å². The maximum absolute atomic E-state index is 12.2. The van der Waals surface area contributed by atoms with Crippen LogP contribution < -0.4 is 21.7 Å². The highest BCUT2D eigenvalue weighted by Crippen LogP contribution is 2.20. The summed E-state index contributed by atoms with van der Waals surface area (Å²) in [7, 11) is 0. The van der Waals surface area contributed by atoms with E-state index in [9.17, 15) is 9.59 Å². The second-order valence-electron chi connectivity index (χ2n) is 6.98. The lowest BCUT2D eigenvalue weighted by atomic mass is 10.1. The number of hydrogen-bond acceptors (Lipinski definition) is 3. The van der Waals surface area contributed by atoms with E-state index in [2.05, 4.69) is 16.0 Å². The van der Waals surface area contributed by atoms with Gasteiger partial charge in [0.05, 0.1) is 6.04 Å². The third kappa shape index (κ3) is 6.46. The normalized spacial score (nSPS) is 13.8. The number of carbonyl (C=O) groups is 2. The van der Waals surface area contributed by atoms with E-state index >= 15 is 0 Å². The first-order valence-electron chi connectivity index (χ1n) is 9.31. The molecule has 1 aliphatic carbocycles. The molecule has 1 fully saturated rings. The van der Waals surface area contributed by atoms with Crippen LogP contribution in [0.3, 0.4) is 0 Å². The standard InChI is InChI=1S/C21H26N4O2.ClH/c1-14(23-20(26)13-8-16-4-2-3-5-19(16)22)15-6-9-17(10-7-15)24-21(27)25-18-11-12-18;/h2-7,9-10,14,18H,8,11-13,22H2,1H3,(H,23,26)(H2,24,25,27);1H. The largest absolute Gasteiger partial charge is 0.399 e. The SMILES string of the molecule is CC(NC(=O)CCc1ccccc1N)c1ccc(NC(=O)NC2CC2)cc1.Cl. The summed E-state index contributed by atoms with van der Waals surface area (Å²) in [5, 5.41) is 8.70. The van der Waals surface area contributed by atoms with Gasteiger partial charge in [-0.25, -0.2) is 4.79 Å². The van der Waals surface area contributed by atoms with Gasteiger partial charge in [-0.05, 0) is 55.5 Å². The molecule has 1 aliphatic rings. The number of benzene rings is 2. The highest BCUT2D eigenvalue weighted by atomic mass is 35.5. The monoisotopic (exact) mass is 402 g/mol. The first-order chi connectivity index (χ1) is 13.0. The highest BCUT2D eigenvalue weighted by molar-refractivity contribution is 5.89. The molecule has 0 aromatic heterocycles. The zero-order valence-corrected chi connectivity index (χ0v) is 16.7. The lowest BCUT2D eigenvalue weighted by molar-refractivity contribution is -0.121. The van der Waals surface area contributed by atoms with Crippen molar-refractivity contribution in [2.45, 2.75) is 44.7 Å². The molecule has 0 saturated heterocycles. The van der Waals surface area contributed by atoms with Crippen molar-refractivity contribution in [3.8, 4) is 0 Å². The molecule has 5 N–H and O–H groups in total. The molecule has 1 saturated carbocycles. The van der Waals surface area contributed by atoms with Gasteiger partial charge in [-0.2, -0.15) is 0 Å². The summed E-state index contributed by atoms with van der Waals surface area (Å²) in [6.07, 6.45) is 3.12. The van der Waals surface area contributed by atoms with E-state index in [-0.39, 0.29) is 30.4 Å². The maximum Gasteiger partial charge on any atom is 0.319 e. The topological polar surface area (TPSA) is 96.2 Å². The molecule has 28 heavy (non-hydrogen) atoms. The fourth-order valence-electron chi connectivity index (χ4n) is 2.84.